The van der Waals surface area contributed by atoms with Crippen LogP contribution in [0, 0.1) is 0 Å². The van der Waals surface area contributed by atoms with Crippen LogP contribution >= 0.6 is 27.5 Å². The summed E-state index contributed by atoms with van der Waals surface area (Å²) in [6.45, 7) is 0. The first kappa shape index (κ1) is 14.3. The monoisotopic (exact) mass is 360 g/mol. The van der Waals surface area contributed by atoms with Crippen LogP contribution in [-0.2, 0) is 15.4 Å². The van der Waals surface area contributed by atoms with Crippen LogP contribution in [0.15, 0.2) is 47.5 Å². The zero-order valence-corrected chi connectivity index (χ0v) is 12.8. The predicted octanol–water partition coefficient (Wildman–Crippen LogP) is 3.43. The van der Waals surface area contributed by atoms with Crippen LogP contribution in [0.4, 0.5) is 5.82 Å². The van der Waals surface area contributed by atoms with Crippen molar-refractivity contribution in [1.29, 1.82) is 0 Å². The van der Waals surface area contributed by atoms with Crippen LogP contribution in [0.25, 0.3) is 0 Å². The second-order valence-corrected chi connectivity index (χ2v) is 6.42. The van der Waals surface area contributed by atoms with Gasteiger partial charge in [-0.05, 0) is 23.8 Å². The minimum Gasteiger partial charge on any atom is -0.263 e. The summed E-state index contributed by atoms with van der Waals surface area (Å²) >= 11 is 9.08. The second kappa shape index (κ2) is 5.90. The van der Waals surface area contributed by atoms with Crippen molar-refractivity contribution < 1.29 is 8.42 Å². The lowest BCUT2D eigenvalue weighted by molar-refractivity contribution is 0.601. The number of sulfonamides is 1. The minimum atomic E-state index is -3.64. The topological polar surface area (TPSA) is 59.1 Å². The van der Waals surface area contributed by atoms with Crippen molar-refractivity contribution in [3.8, 4) is 0 Å². The molecule has 4 nitrogen and oxygen atoms in total. The molecule has 1 aromatic carbocycles. The second-order valence-electron chi connectivity index (χ2n) is 3.74. The molecule has 7 heteroatoms. The van der Waals surface area contributed by atoms with Crippen LogP contribution in [0.3, 0.4) is 0 Å². The van der Waals surface area contributed by atoms with Gasteiger partial charge in [-0.3, -0.25) is 4.72 Å². The third-order valence-electron chi connectivity index (χ3n) is 2.35. The summed E-state index contributed by atoms with van der Waals surface area (Å²) in [4.78, 5) is 4.08. The third-order valence-corrected chi connectivity index (χ3v) is 4.60. The van der Waals surface area contributed by atoms with Gasteiger partial charge in [0.25, 0.3) is 10.0 Å². The van der Waals surface area contributed by atoms with E-state index in [0.717, 1.165) is 5.56 Å². The first-order valence-electron chi connectivity index (χ1n) is 5.30. The average Bonchev–Trinajstić information content (AvgIpc) is 2.38. The highest BCUT2D eigenvalue weighted by Gasteiger charge is 2.14. The van der Waals surface area contributed by atoms with E-state index in [2.05, 4.69) is 25.6 Å². The summed E-state index contributed by atoms with van der Waals surface area (Å²) in [6.07, 6.45) is 1.44. The quantitative estimate of drug-likeness (QED) is 0.849. The molecule has 0 spiro atoms. The highest BCUT2D eigenvalue weighted by Crippen LogP contribution is 2.18. The summed E-state index contributed by atoms with van der Waals surface area (Å²) in [6, 6.07) is 9.60. The van der Waals surface area contributed by atoms with E-state index in [1.54, 1.807) is 30.3 Å². The number of aromatic nitrogens is 1. The van der Waals surface area contributed by atoms with Crippen molar-refractivity contribution in [3.63, 3.8) is 0 Å². The van der Waals surface area contributed by atoms with Crippen LogP contribution in [0.2, 0.25) is 5.02 Å². The van der Waals surface area contributed by atoms with Crippen molar-refractivity contribution in [2.24, 2.45) is 0 Å². The van der Waals surface area contributed by atoms with Gasteiger partial charge in [0.05, 0.1) is 4.90 Å². The van der Waals surface area contributed by atoms with Crippen LogP contribution < -0.4 is 4.72 Å². The van der Waals surface area contributed by atoms with Gasteiger partial charge < -0.3 is 0 Å². The number of nitrogens with one attached hydrogen (secondary N) is 1. The Kier molecular flexibility index (Phi) is 4.44. The Morgan fingerprint density at radius 1 is 1.21 bits per heavy atom. The Bertz CT molecular complexity index is 674. The Labute approximate surface area is 125 Å². The van der Waals surface area contributed by atoms with Crippen LogP contribution in [-0.4, -0.2) is 13.4 Å². The van der Waals surface area contributed by atoms with E-state index in [9.17, 15) is 8.42 Å². The Morgan fingerprint density at radius 2 is 1.89 bits per heavy atom. The maximum absolute atomic E-state index is 12.1. The SMILES string of the molecule is O=S(=O)(Nc1cc(Cl)ccn1)c1ccc(CBr)cc1. The molecule has 0 atom stereocenters. The number of hydrogen-bond acceptors (Lipinski definition) is 3. The molecule has 0 amide bonds. The van der Waals surface area contributed by atoms with Crippen molar-refractivity contribution in [2.75, 3.05) is 4.72 Å². The van der Waals surface area contributed by atoms with Crippen LogP contribution in [0.5, 0.6) is 0 Å². The summed E-state index contributed by atoms with van der Waals surface area (Å²) in [5, 5.41) is 1.10. The van der Waals surface area contributed by atoms with Gasteiger partial charge in [0, 0.05) is 22.6 Å². The van der Waals surface area contributed by atoms with Gasteiger partial charge in [-0.1, -0.05) is 39.7 Å². The lowest BCUT2D eigenvalue weighted by atomic mass is 10.2. The average molecular weight is 362 g/mol. The molecule has 0 unspecified atom stereocenters. The number of rotatable bonds is 4. The molecule has 1 aromatic heterocycles. The first-order valence-corrected chi connectivity index (χ1v) is 8.29. The van der Waals surface area contributed by atoms with E-state index in [1.165, 1.54) is 12.3 Å². The Hall–Kier alpha value is -1.11. The van der Waals surface area contributed by atoms with E-state index >= 15 is 0 Å². The van der Waals surface area contributed by atoms with Crippen molar-refractivity contribution in [1.82, 2.24) is 4.98 Å². The third kappa shape index (κ3) is 3.68. The number of nitrogens with zero attached hydrogens (tertiary/aromatic N) is 1. The van der Waals surface area contributed by atoms with Crippen molar-refractivity contribution in [3.05, 3.63) is 53.2 Å². The highest BCUT2D eigenvalue weighted by molar-refractivity contribution is 9.08. The zero-order valence-electron chi connectivity index (χ0n) is 9.68. The molecule has 1 N–H and O–H groups in total. The van der Waals surface area contributed by atoms with E-state index in [0.29, 0.717) is 10.4 Å². The fraction of sp³-hybridized carbons (Fsp3) is 0.0833. The van der Waals surface area contributed by atoms with Gasteiger partial charge in [0.15, 0.2) is 0 Å². The standard InChI is InChI=1S/C12H10BrClN2O2S/c13-8-9-1-3-11(4-2-9)19(17,18)16-12-7-10(14)5-6-15-12/h1-7H,8H2,(H,15,16). The molecule has 0 saturated carbocycles. The molecule has 1 heterocycles. The molecular formula is C12H10BrClN2O2S. The van der Waals surface area contributed by atoms with E-state index in [4.69, 9.17) is 11.6 Å². The molecule has 0 fully saturated rings. The Balaban J connectivity index is 2.27. The van der Waals surface area contributed by atoms with E-state index in [-0.39, 0.29) is 10.7 Å². The molecule has 0 radical (unpaired) electrons. The number of halogens is 2. The number of alkyl halides is 1. The molecule has 19 heavy (non-hydrogen) atoms. The molecule has 0 bridgehead atoms. The van der Waals surface area contributed by atoms with Gasteiger partial charge in [0.1, 0.15) is 5.82 Å². The van der Waals surface area contributed by atoms with Crippen molar-refractivity contribution in [2.45, 2.75) is 10.2 Å². The summed E-state index contributed by atoms with van der Waals surface area (Å²) in [7, 11) is -3.64. The molecule has 0 aliphatic rings. The maximum atomic E-state index is 12.1. The number of hydrogen-bond donors (Lipinski definition) is 1. The van der Waals surface area contributed by atoms with Gasteiger partial charge in [0.2, 0.25) is 0 Å². The number of benzene rings is 1. The predicted molar refractivity (Wildman–Crippen MR) is 79.1 cm³/mol. The largest absolute Gasteiger partial charge is 0.263 e. The van der Waals surface area contributed by atoms with E-state index < -0.39 is 10.0 Å². The number of anilines is 1. The molecular weight excluding hydrogens is 352 g/mol. The maximum Gasteiger partial charge on any atom is 0.263 e. The normalized spacial score (nSPS) is 11.3. The smallest absolute Gasteiger partial charge is 0.263 e. The lowest BCUT2D eigenvalue weighted by Crippen LogP contribution is -2.13. The van der Waals surface area contributed by atoms with Gasteiger partial charge in [-0.15, -0.1) is 0 Å². The molecule has 2 rings (SSSR count). The summed E-state index contributed by atoms with van der Waals surface area (Å²) < 4.78 is 26.6. The molecule has 100 valence electrons. The minimum absolute atomic E-state index is 0.180. The molecule has 0 saturated heterocycles. The summed E-state index contributed by atoms with van der Waals surface area (Å²) in [5.41, 5.74) is 1.000. The first-order chi connectivity index (χ1) is 9.01. The van der Waals surface area contributed by atoms with E-state index in [1.807, 2.05) is 0 Å². The zero-order chi connectivity index (χ0) is 13.9. The number of pyridine rings is 1. The van der Waals surface area contributed by atoms with Crippen LogP contribution in [0.1, 0.15) is 5.56 Å². The van der Waals surface area contributed by atoms with Gasteiger partial charge >= 0.3 is 0 Å². The van der Waals surface area contributed by atoms with Gasteiger partial charge in [-0.25, -0.2) is 13.4 Å². The highest BCUT2D eigenvalue weighted by atomic mass is 79.9. The lowest BCUT2D eigenvalue weighted by Gasteiger charge is -2.07. The fourth-order valence-corrected chi connectivity index (χ4v) is 2.95. The fourth-order valence-electron chi connectivity index (χ4n) is 1.41. The van der Waals surface area contributed by atoms with Crippen molar-refractivity contribution >= 4 is 43.4 Å². The molecule has 0 aliphatic heterocycles. The van der Waals surface area contributed by atoms with Gasteiger partial charge in [-0.2, -0.15) is 0 Å². The molecule has 0 aliphatic carbocycles. The molecule has 2 aromatic rings. The Morgan fingerprint density at radius 3 is 2.47 bits per heavy atom. The summed E-state index contributed by atoms with van der Waals surface area (Å²) in [5.74, 6) is 0.192.